The summed E-state index contributed by atoms with van der Waals surface area (Å²) in [6.45, 7) is 0. The normalized spacial score (nSPS) is 18.9. The number of H-pyrrole nitrogens is 1. The summed E-state index contributed by atoms with van der Waals surface area (Å²) in [5.74, 6) is -1.01. The van der Waals surface area contributed by atoms with Crippen LogP contribution in [-0.2, 0) is 9.59 Å². The number of nitrogens with one attached hydrogen (secondary N) is 2. The third-order valence-electron chi connectivity index (χ3n) is 3.50. The summed E-state index contributed by atoms with van der Waals surface area (Å²) in [4.78, 5) is 39.3. The standard InChI is InChI=1S/C14H13N3O3/c1-17-12(18)7-11(14(17)20)16-13(19)9-3-2-8-4-5-15-10(8)6-9/h2-6,11,15H,7H2,1H3,(H,16,19). The van der Waals surface area contributed by atoms with Crippen LogP contribution in [0, 0.1) is 0 Å². The molecule has 1 atom stereocenters. The Morgan fingerprint density at radius 2 is 2.15 bits per heavy atom. The van der Waals surface area contributed by atoms with Gasteiger partial charge < -0.3 is 10.3 Å². The molecule has 0 aliphatic carbocycles. The second-order valence-electron chi connectivity index (χ2n) is 4.80. The molecule has 0 saturated carbocycles. The molecule has 2 heterocycles. The van der Waals surface area contributed by atoms with Crippen LogP contribution in [0.1, 0.15) is 16.8 Å². The van der Waals surface area contributed by atoms with E-state index in [0.717, 1.165) is 15.8 Å². The smallest absolute Gasteiger partial charge is 0.252 e. The molecule has 0 spiro atoms. The van der Waals surface area contributed by atoms with Crippen LogP contribution in [0.15, 0.2) is 30.5 Å². The number of carbonyl (C=O) groups is 3. The van der Waals surface area contributed by atoms with Gasteiger partial charge in [0.2, 0.25) is 5.91 Å². The zero-order chi connectivity index (χ0) is 14.3. The van der Waals surface area contributed by atoms with Gasteiger partial charge >= 0.3 is 0 Å². The van der Waals surface area contributed by atoms with Crippen LogP contribution in [0.2, 0.25) is 0 Å². The van der Waals surface area contributed by atoms with Gasteiger partial charge in [-0.25, -0.2) is 0 Å². The number of rotatable bonds is 2. The van der Waals surface area contributed by atoms with E-state index in [1.165, 1.54) is 7.05 Å². The number of imide groups is 1. The largest absolute Gasteiger partial charge is 0.361 e. The number of aromatic amines is 1. The van der Waals surface area contributed by atoms with Crippen LogP contribution in [0.3, 0.4) is 0 Å². The number of hydrogen-bond donors (Lipinski definition) is 2. The van der Waals surface area contributed by atoms with Gasteiger partial charge in [0.1, 0.15) is 6.04 Å². The maximum Gasteiger partial charge on any atom is 0.252 e. The maximum absolute atomic E-state index is 12.1. The first-order valence-corrected chi connectivity index (χ1v) is 6.24. The van der Waals surface area contributed by atoms with Crippen molar-refractivity contribution < 1.29 is 14.4 Å². The molecule has 1 aromatic carbocycles. The van der Waals surface area contributed by atoms with Gasteiger partial charge in [-0.05, 0) is 23.6 Å². The molecule has 102 valence electrons. The molecule has 1 unspecified atom stereocenters. The lowest BCUT2D eigenvalue weighted by Crippen LogP contribution is -2.40. The van der Waals surface area contributed by atoms with Crippen molar-refractivity contribution in [2.45, 2.75) is 12.5 Å². The van der Waals surface area contributed by atoms with Gasteiger partial charge in [-0.1, -0.05) is 6.07 Å². The lowest BCUT2D eigenvalue weighted by Gasteiger charge is -2.11. The van der Waals surface area contributed by atoms with Gasteiger partial charge in [0.15, 0.2) is 0 Å². The average molecular weight is 271 g/mol. The van der Waals surface area contributed by atoms with Crippen molar-refractivity contribution in [2.24, 2.45) is 0 Å². The van der Waals surface area contributed by atoms with Crippen LogP contribution in [0.5, 0.6) is 0 Å². The zero-order valence-electron chi connectivity index (χ0n) is 10.8. The topological polar surface area (TPSA) is 82.3 Å². The number of aromatic nitrogens is 1. The quantitative estimate of drug-likeness (QED) is 0.787. The molecule has 1 aromatic heterocycles. The SMILES string of the molecule is CN1C(=O)CC(NC(=O)c2ccc3cc[nH]c3c2)C1=O. The van der Waals surface area contributed by atoms with Crippen molar-refractivity contribution in [3.8, 4) is 0 Å². The highest BCUT2D eigenvalue weighted by Gasteiger charge is 2.36. The first kappa shape index (κ1) is 12.4. The molecule has 1 saturated heterocycles. The van der Waals surface area contributed by atoms with E-state index in [1.54, 1.807) is 18.3 Å². The first-order valence-electron chi connectivity index (χ1n) is 6.24. The highest BCUT2D eigenvalue weighted by Crippen LogP contribution is 2.15. The van der Waals surface area contributed by atoms with Crippen molar-refractivity contribution in [2.75, 3.05) is 7.05 Å². The molecule has 1 fully saturated rings. The van der Waals surface area contributed by atoms with E-state index in [4.69, 9.17) is 0 Å². The molecule has 1 aliphatic heterocycles. The van der Waals surface area contributed by atoms with Gasteiger partial charge in [-0.3, -0.25) is 19.3 Å². The zero-order valence-corrected chi connectivity index (χ0v) is 10.8. The fourth-order valence-corrected chi connectivity index (χ4v) is 2.30. The first-order chi connectivity index (χ1) is 9.56. The van der Waals surface area contributed by atoms with Crippen molar-refractivity contribution in [3.05, 3.63) is 36.0 Å². The van der Waals surface area contributed by atoms with Crippen molar-refractivity contribution in [3.63, 3.8) is 0 Å². The van der Waals surface area contributed by atoms with Crippen molar-refractivity contribution >= 4 is 28.6 Å². The minimum atomic E-state index is -0.765. The Bertz CT molecular complexity index is 719. The molecule has 2 aromatic rings. The van der Waals surface area contributed by atoms with E-state index >= 15 is 0 Å². The Hall–Kier alpha value is -2.63. The van der Waals surface area contributed by atoms with Crippen LogP contribution in [0.25, 0.3) is 10.9 Å². The molecule has 0 radical (unpaired) electrons. The Morgan fingerprint density at radius 3 is 2.85 bits per heavy atom. The minimum Gasteiger partial charge on any atom is -0.361 e. The fraction of sp³-hybridized carbons (Fsp3) is 0.214. The number of likely N-dealkylation sites (tertiary alicyclic amines) is 1. The number of hydrogen-bond acceptors (Lipinski definition) is 3. The molecule has 3 amide bonds. The van der Waals surface area contributed by atoms with Crippen molar-refractivity contribution in [1.29, 1.82) is 0 Å². The molecule has 3 rings (SSSR count). The van der Waals surface area contributed by atoms with E-state index in [2.05, 4.69) is 10.3 Å². The molecular formula is C14H13N3O3. The Morgan fingerprint density at radius 1 is 1.35 bits per heavy atom. The summed E-state index contributed by atoms with van der Waals surface area (Å²) >= 11 is 0. The Labute approximate surface area is 114 Å². The lowest BCUT2D eigenvalue weighted by molar-refractivity contribution is -0.137. The number of fused-ring (bicyclic) bond motifs is 1. The van der Waals surface area contributed by atoms with E-state index in [0.29, 0.717) is 5.56 Å². The van der Waals surface area contributed by atoms with Gasteiger partial charge in [-0.15, -0.1) is 0 Å². The minimum absolute atomic E-state index is 0.0197. The Kier molecular flexibility index (Phi) is 2.78. The summed E-state index contributed by atoms with van der Waals surface area (Å²) in [5, 5.41) is 3.61. The third kappa shape index (κ3) is 1.95. The van der Waals surface area contributed by atoms with Gasteiger partial charge in [-0.2, -0.15) is 0 Å². The lowest BCUT2D eigenvalue weighted by atomic mass is 10.1. The second-order valence-corrected chi connectivity index (χ2v) is 4.80. The number of likely N-dealkylation sites (N-methyl/N-ethyl adjacent to an activating group) is 1. The fourth-order valence-electron chi connectivity index (χ4n) is 2.30. The molecule has 20 heavy (non-hydrogen) atoms. The summed E-state index contributed by atoms with van der Waals surface area (Å²) < 4.78 is 0. The van der Waals surface area contributed by atoms with E-state index in [9.17, 15) is 14.4 Å². The highest BCUT2D eigenvalue weighted by atomic mass is 16.2. The monoisotopic (exact) mass is 271 g/mol. The van der Waals surface area contributed by atoms with Crippen LogP contribution >= 0.6 is 0 Å². The van der Waals surface area contributed by atoms with Crippen LogP contribution in [0.4, 0.5) is 0 Å². The van der Waals surface area contributed by atoms with Crippen LogP contribution in [-0.4, -0.2) is 40.7 Å². The number of benzene rings is 1. The predicted molar refractivity (Wildman–Crippen MR) is 71.9 cm³/mol. The molecule has 6 nitrogen and oxygen atoms in total. The molecule has 0 bridgehead atoms. The van der Waals surface area contributed by atoms with Crippen molar-refractivity contribution in [1.82, 2.24) is 15.2 Å². The summed E-state index contributed by atoms with van der Waals surface area (Å²) in [7, 11) is 1.42. The highest BCUT2D eigenvalue weighted by molar-refractivity contribution is 6.08. The predicted octanol–water partition coefficient (Wildman–Crippen LogP) is 0.655. The summed E-state index contributed by atoms with van der Waals surface area (Å²) in [5.41, 5.74) is 1.30. The summed E-state index contributed by atoms with van der Waals surface area (Å²) in [6.07, 6.45) is 1.81. The third-order valence-corrected chi connectivity index (χ3v) is 3.50. The van der Waals surface area contributed by atoms with E-state index < -0.39 is 6.04 Å². The van der Waals surface area contributed by atoms with Gasteiger partial charge in [0.25, 0.3) is 11.8 Å². The molecule has 6 heteroatoms. The average Bonchev–Trinajstić information content (AvgIpc) is 2.99. The number of nitrogens with zero attached hydrogens (tertiary/aromatic N) is 1. The molecule has 2 N–H and O–H groups in total. The van der Waals surface area contributed by atoms with Gasteiger partial charge in [0, 0.05) is 24.3 Å². The number of amides is 3. The van der Waals surface area contributed by atoms with Gasteiger partial charge in [0.05, 0.1) is 6.42 Å². The maximum atomic E-state index is 12.1. The second kappa shape index (κ2) is 4.48. The van der Waals surface area contributed by atoms with E-state index in [1.807, 2.05) is 12.1 Å². The molecular weight excluding hydrogens is 258 g/mol. The number of carbonyl (C=O) groups excluding carboxylic acids is 3. The molecule has 1 aliphatic rings. The van der Waals surface area contributed by atoms with Crippen LogP contribution < -0.4 is 5.32 Å². The Balaban J connectivity index is 1.79. The summed E-state index contributed by atoms with van der Waals surface area (Å²) in [6, 6.07) is 6.38. The van der Waals surface area contributed by atoms with E-state index in [-0.39, 0.29) is 24.1 Å².